The van der Waals surface area contributed by atoms with E-state index in [-0.39, 0.29) is 5.82 Å². The quantitative estimate of drug-likeness (QED) is 0.196. The van der Waals surface area contributed by atoms with Crippen molar-refractivity contribution in [3.8, 4) is 17.0 Å². The molecule has 0 spiro atoms. The summed E-state index contributed by atoms with van der Waals surface area (Å²) < 4.78 is 20.6. The number of ether oxygens (including phenoxy) is 1. The van der Waals surface area contributed by atoms with Crippen molar-refractivity contribution >= 4 is 33.5 Å². The van der Waals surface area contributed by atoms with Crippen LogP contribution in [0.4, 0.5) is 9.52 Å². The molecule has 30 heavy (non-hydrogen) atoms. The average molecular weight is 420 g/mol. The Bertz CT molecular complexity index is 1160. The minimum Gasteiger partial charge on any atom is -0.492 e. The predicted octanol–water partition coefficient (Wildman–Crippen LogP) is 6.73. The standard InChI is InChI=1S/C24H22FN3OS/c1-2-3-13-29-23-18(14-21(25)19-11-7-8-12-20(19)23)15-26-28-24-27-22(16-30-24)17-9-5-4-6-10-17/h4-12,14-16H,2-3,13H2,1H3,(H,27,28). The molecule has 0 radical (unpaired) electrons. The van der Waals surface area contributed by atoms with Gasteiger partial charge in [0.1, 0.15) is 11.6 Å². The number of hydrazone groups is 1. The van der Waals surface area contributed by atoms with Gasteiger partial charge in [-0.3, -0.25) is 5.43 Å². The van der Waals surface area contributed by atoms with Gasteiger partial charge in [0, 0.05) is 27.3 Å². The smallest absolute Gasteiger partial charge is 0.203 e. The Hall–Kier alpha value is -3.25. The lowest BCUT2D eigenvalue weighted by Crippen LogP contribution is -2.02. The van der Waals surface area contributed by atoms with Crippen molar-refractivity contribution < 1.29 is 9.13 Å². The van der Waals surface area contributed by atoms with E-state index in [1.165, 1.54) is 17.4 Å². The zero-order chi connectivity index (χ0) is 20.8. The average Bonchev–Trinajstić information content (AvgIpc) is 3.25. The van der Waals surface area contributed by atoms with Gasteiger partial charge in [-0.2, -0.15) is 5.10 Å². The molecule has 4 aromatic rings. The molecule has 0 aliphatic rings. The zero-order valence-corrected chi connectivity index (χ0v) is 17.5. The summed E-state index contributed by atoms with van der Waals surface area (Å²) in [4.78, 5) is 4.55. The molecule has 0 saturated carbocycles. The normalized spacial score (nSPS) is 11.3. The van der Waals surface area contributed by atoms with Crippen LogP contribution in [-0.2, 0) is 0 Å². The molecule has 1 N–H and O–H groups in total. The maximum Gasteiger partial charge on any atom is 0.203 e. The highest BCUT2D eigenvalue weighted by molar-refractivity contribution is 7.14. The summed E-state index contributed by atoms with van der Waals surface area (Å²) >= 11 is 1.46. The monoisotopic (exact) mass is 419 g/mol. The molecule has 3 aromatic carbocycles. The molecule has 152 valence electrons. The number of nitrogens with zero attached hydrogens (tertiary/aromatic N) is 2. The van der Waals surface area contributed by atoms with Gasteiger partial charge in [-0.15, -0.1) is 11.3 Å². The van der Waals surface area contributed by atoms with Crippen LogP contribution in [0.25, 0.3) is 22.0 Å². The van der Waals surface area contributed by atoms with E-state index in [1.54, 1.807) is 12.3 Å². The Balaban J connectivity index is 1.57. The molecule has 0 atom stereocenters. The van der Waals surface area contributed by atoms with Crippen LogP contribution in [0.5, 0.6) is 5.75 Å². The number of hydrogen-bond donors (Lipinski definition) is 1. The Morgan fingerprint density at radius 2 is 1.87 bits per heavy atom. The highest BCUT2D eigenvalue weighted by atomic mass is 32.1. The third-order valence-electron chi connectivity index (χ3n) is 4.66. The van der Waals surface area contributed by atoms with Crippen LogP contribution in [0.2, 0.25) is 0 Å². The van der Waals surface area contributed by atoms with Crippen molar-refractivity contribution in [1.82, 2.24) is 4.98 Å². The third-order valence-corrected chi connectivity index (χ3v) is 5.40. The number of nitrogens with one attached hydrogen (secondary N) is 1. The number of hydrogen-bond acceptors (Lipinski definition) is 5. The number of fused-ring (bicyclic) bond motifs is 1. The fourth-order valence-electron chi connectivity index (χ4n) is 3.12. The van der Waals surface area contributed by atoms with Gasteiger partial charge in [-0.05, 0) is 12.5 Å². The van der Waals surface area contributed by atoms with E-state index in [1.807, 2.05) is 53.9 Å². The number of anilines is 1. The summed E-state index contributed by atoms with van der Waals surface area (Å²) in [6.07, 6.45) is 3.54. The van der Waals surface area contributed by atoms with Gasteiger partial charge in [0.05, 0.1) is 18.5 Å². The Morgan fingerprint density at radius 1 is 1.10 bits per heavy atom. The van der Waals surface area contributed by atoms with Crippen molar-refractivity contribution in [2.24, 2.45) is 5.10 Å². The van der Waals surface area contributed by atoms with Gasteiger partial charge in [-0.25, -0.2) is 9.37 Å². The van der Waals surface area contributed by atoms with Gasteiger partial charge >= 0.3 is 0 Å². The molecule has 1 heterocycles. The minimum atomic E-state index is -0.296. The van der Waals surface area contributed by atoms with Gasteiger partial charge in [0.2, 0.25) is 5.13 Å². The highest BCUT2D eigenvalue weighted by Crippen LogP contribution is 2.32. The van der Waals surface area contributed by atoms with Crippen LogP contribution in [-0.4, -0.2) is 17.8 Å². The van der Waals surface area contributed by atoms with Crippen molar-refractivity contribution in [3.63, 3.8) is 0 Å². The molecule has 4 nitrogen and oxygen atoms in total. The predicted molar refractivity (Wildman–Crippen MR) is 123 cm³/mol. The molecule has 0 fully saturated rings. The highest BCUT2D eigenvalue weighted by Gasteiger charge is 2.12. The second-order valence-corrected chi connectivity index (χ2v) is 7.66. The Labute approximate surface area is 179 Å². The number of halogens is 1. The fourth-order valence-corrected chi connectivity index (χ4v) is 3.79. The van der Waals surface area contributed by atoms with Gasteiger partial charge in [-0.1, -0.05) is 67.9 Å². The van der Waals surface area contributed by atoms with Crippen molar-refractivity contribution in [2.45, 2.75) is 19.8 Å². The molecule has 0 unspecified atom stereocenters. The second kappa shape index (κ2) is 9.50. The maximum absolute atomic E-state index is 14.6. The number of aromatic nitrogens is 1. The summed E-state index contributed by atoms with van der Waals surface area (Å²) in [6.45, 7) is 2.68. The van der Waals surface area contributed by atoms with Gasteiger partial charge in [0.15, 0.2) is 0 Å². The summed E-state index contributed by atoms with van der Waals surface area (Å²) in [5, 5.41) is 8.21. The first-order valence-electron chi connectivity index (χ1n) is 9.90. The number of unbranched alkanes of at least 4 members (excludes halogenated alkanes) is 1. The first-order chi connectivity index (χ1) is 14.8. The van der Waals surface area contributed by atoms with E-state index in [0.29, 0.717) is 28.4 Å². The Kier molecular flexibility index (Phi) is 6.35. The van der Waals surface area contributed by atoms with Crippen LogP contribution in [0.3, 0.4) is 0 Å². The van der Waals surface area contributed by atoms with E-state index in [4.69, 9.17) is 4.74 Å². The molecule has 6 heteroatoms. The van der Waals surface area contributed by atoms with E-state index in [0.717, 1.165) is 29.5 Å². The lowest BCUT2D eigenvalue weighted by atomic mass is 10.0. The fraction of sp³-hybridized carbons (Fsp3) is 0.167. The summed E-state index contributed by atoms with van der Waals surface area (Å²) in [7, 11) is 0. The lowest BCUT2D eigenvalue weighted by Gasteiger charge is -2.13. The number of benzene rings is 3. The van der Waals surface area contributed by atoms with Crippen molar-refractivity contribution in [3.05, 3.63) is 77.4 Å². The minimum absolute atomic E-state index is 0.296. The van der Waals surface area contributed by atoms with E-state index < -0.39 is 0 Å². The van der Waals surface area contributed by atoms with Crippen LogP contribution in [0.15, 0.2) is 71.1 Å². The van der Waals surface area contributed by atoms with Gasteiger partial charge < -0.3 is 4.74 Å². The maximum atomic E-state index is 14.6. The SMILES string of the molecule is CCCCOc1c(C=NNc2nc(-c3ccccc3)cs2)cc(F)c2ccccc12. The number of rotatable bonds is 8. The summed E-state index contributed by atoms with van der Waals surface area (Å²) in [5.41, 5.74) is 5.47. The van der Waals surface area contributed by atoms with Crippen LogP contribution in [0, 0.1) is 5.82 Å². The molecular weight excluding hydrogens is 397 g/mol. The molecule has 0 aliphatic carbocycles. The Morgan fingerprint density at radius 3 is 2.67 bits per heavy atom. The topological polar surface area (TPSA) is 46.5 Å². The summed E-state index contributed by atoms with van der Waals surface area (Å²) in [5.74, 6) is 0.352. The largest absolute Gasteiger partial charge is 0.492 e. The molecule has 0 amide bonds. The van der Waals surface area contributed by atoms with E-state index in [9.17, 15) is 4.39 Å². The third kappa shape index (κ3) is 4.49. The van der Waals surface area contributed by atoms with Crippen LogP contribution in [0.1, 0.15) is 25.3 Å². The lowest BCUT2D eigenvalue weighted by molar-refractivity contribution is 0.312. The first-order valence-corrected chi connectivity index (χ1v) is 10.8. The van der Waals surface area contributed by atoms with Crippen LogP contribution >= 0.6 is 11.3 Å². The van der Waals surface area contributed by atoms with Gasteiger partial charge in [0.25, 0.3) is 0 Å². The molecule has 1 aromatic heterocycles. The van der Waals surface area contributed by atoms with Crippen molar-refractivity contribution in [2.75, 3.05) is 12.0 Å². The van der Waals surface area contributed by atoms with E-state index in [2.05, 4.69) is 22.4 Å². The van der Waals surface area contributed by atoms with E-state index >= 15 is 0 Å². The zero-order valence-electron chi connectivity index (χ0n) is 16.6. The van der Waals surface area contributed by atoms with Crippen molar-refractivity contribution in [1.29, 1.82) is 0 Å². The summed E-state index contributed by atoms with van der Waals surface area (Å²) in [6, 6.07) is 18.8. The first kappa shape index (κ1) is 20.0. The second-order valence-electron chi connectivity index (χ2n) is 6.80. The molecular formula is C24H22FN3OS. The van der Waals surface area contributed by atoms with Crippen LogP contribution < -0.4 is 10.2 Å². The number of thiazole rings is 1. The molecule has 0 bridgehead atoms. The molecule has 0 aliphatic heterocycles. The molecule has 0 saturated heterocycles. The molecule has 4 rings (SSSR count).